The summed E-state index contributed by atoms with van der Waals surface area (Å²) in [5, 5.41) is 14.5. The fourth-order valence-electron chi connectivity index (χ4n) is 4.61. The molecule has 4 rings (SSSR count). The number of rotatable bonds is 8. The number of likely N-dealkylation sites (N-methyl/N-ethyl adjacent to an activating group) is 1. The van der Waals surface area contributed by atoms with Crippen LogP contribution in [0.4, 0.5) is 11.4 Å². The lowest BCUT2D eigenvalue weighted by Crippen LogP contribution is -2.45. The Morgan fingerprint density at radius 2 is 1.58 bits per heavy atom. The average Bonchev–Trinajstić information content (AvgIpc) is 3.38. The largest absolute Gasteiger partial charge is 0.366 e. The molecule has 0 unspecified atom stereocenters. The van der Waals surface area contributed by atoms with Gasteiger partial charge in [0.1, 0.15) is 5.69 Å². The molecule has 0 saturated carbocycles. The summed E-state index contributed by atoms with van der Waals surface area (Å²) in [4.78, 5) is 30.8. The van der Waals surface area contributed by atoms with Crippen LogP contribution in [0.1, 0.15) is 41.3 Å². The Labute approximate surface area is 195 Å². The first-order chi connectivity index (χ1) is 16.0. The number of nitrogens with zero attached hydrogens (tertiary/aromatic N) is 4. The van der Waals surface area contributed by atoms with Gasteiger partial charge in [0.05, 0.1) is 4.92 Å². The molecule has 2 aliphatic heterocycles. The van der Waals surface area contributed by atoms with E-state index in [0.29, 0.717) is 17.8 Å². The second kappa shape index (κ2) is 10.8. The van der Waals surface area contributed by atoms with Gasteiger partial charge in [-0.2, -0.15) is 0 Å². The van der Waals surface area contributed by atoms with E-state index in [1.807, 2.05) is 17.0 Å². The molecule has 0 aliphatic carbocycles. The maximum absolute atomic E-state index is 12.6. The second-order valence-electron chi connectivity index (χ2n) is 8.86. The van der Waals surface area contributed by atoms with Crippen LogP contribution >= 0.6 is 0 Å². The summed E-state index contributed by atoms with van der Waals surface area (Å²) in [6.07, 6.45) is 2.07. The quantitative estimate of drug-likeness (QED) is 0.490. The van der Waals surface area contributed by atoms with Gasteiger partial charge in [-0.15, -0.1) is 0 Å². The number of anilines is 1. The van der Waals surface area contributed by atoms with Crippen molar-refractivity contribution in [1.82, 2.24) is 15.1 Å². The van der Waals surface area contributed by atoms with E-state index in [2.05, 4.69) is 34.2 Å². The number of hydrogen-bond donors (Lipinski definition) is 1. The molecule has 2 fully saturated rings. The van der Waals surface area contributed by atoms with E-state index in [4.69, 9.17) is 0 Å². The third-order valence-electron chi connectivity index (χ3n) is 6.68. The molecule has 1 N–H and O–H groups in total. The molecule has 33 heavy (non-hydrogen) atoms. The van der Waals surface area contributed by atoms with Crippen LogP contribution in [0.25, 0.3) is 0 Å². The maximum atomic E-state index is 12.6. The van der Waals surface area contributed by atoms with E-state index < -0.39 is 4.92 Å². The van der Waals surface area contributed by atoms with Crippen molar-refractivity contribution in [3.8, 4) is 0 Å². The molecule has 2 heterocycles. The van der Waals surface area contributed by atoms with Gasteiger partial charge in [-0.25, -0.2) is 0 Å². The Bertz CT molecular complexity index is 965. The van der Waals surface area contributed by atoms with Gasteiger partial charge in [0.2, 0.25) is 0 Å². The molecule has 1 amide bonds. The number of hydrogen-bond acceptors (Lipinski definition) is 6. The van der Waals surface area contributed by atoms with Gasteiger partial charge in [0.25, 0.3) is 11.6 Å². The summed E-state index contributed by atoms with van der Waals surface area (Å²) < 4.78 is 0. The predicted molar refractivity (Wildman–Crippen MR) is 130 cm³/mol. The summed E-state index contributed by atoms with van der Waals surface area (Å²) >= 11 is 0. The highest BCUT2D eigenvalue weighted by Gasteiger charge is 2.24. The summed E-state index contributed by atoms with van der Waals surface area (Å²) in [7, 11) is 0. The zero-order valence-electron chi connectivity index (χ0n) is 19.3. The minimum absolute atomic E-state index is 0.00586. The fraction of sp³-hybridized carbons (Fsp3) is 0.480. The maximum Gasteiger partial charge on any atom is 0.293 e. The van der Waals surface area contributed by atoms with Gasteiger partial charge in [-0.1, -0.05) is 31.2 Å². The molecule has 8 heteroatoms. The van der Waals surface area contributed by atoms with E-state index >= 15 is 0 Å². The van der Waals surface area contributed by atoms with E-state index in [1.165, 1.54) is 11.6 Å². The van der Waals surface area contributed by atoms with Crippen LogP contribution < -0.4 is 10.2 Å². The molecule has 0 aromatic heterocycles. The topological polar surface area (TPSA) is 82.0 Å². The minimum Gasteiger partial charge on any atom is -0.366 e. The monoisotopic (exact) mass is 451 g/mol. The first kappa shape index (κ1) is 23.2. The smallest absolute Gasteiger partial charge is 0.293 e. The SMILES string of the molecule is CCN1CCN(Cc2ccc(CNC(=O)c3ccc(N4CCCC4)c([N+](=O)[O-])c3)cc2)CC1. The van der Waals surface area contributed by atoms with Crippen molar-refractivity contribution in [2.75, 3.05) is 50.7 Å². The standard InChI is InChI=1S/C25H33N5O3/c1-2-27-13-15-28(16-14-27)19-21-7-5-20(6-8-21)18-26-25(31)22-9-10-23(24(17-22)30(32)33)29-11-3-4-12-29/h5-10,17H,2-4,11-16,18-19H2,1H3,(H,26,31). The third-order valence-corrected chi connectivity index (χ3v) is 6.68. The number of benzene rings is 2. The first-order valence-electron chi connectivity index (χ1n) is 11.9. The summed E-state index contributed by atoms with van der Waals surface area (Å²) in [6, 6.07) is 13.1. The first-order valence-corrected chi connectivity index (χ1v) is 11.9. The Balaban J connectivity index is 1.32. The lowest BCUT2D eigenvalue weighted by Gasteiger charge is -2.34. The van der Waals surface area contributed by atoms with Gasteiger partial charge in [0, 0.05) is 64.0 Å². The molecule has 2 aliphatic rings. The highest BCUT2D eigenvalue weighted by atomic mass is 16.6. The molecule has 176 valence electrons. The molecule has 8 nitrogen and oxygen atoms in total. The molecule has 2 saturated heterocycles. The normalized spacial score (nSPS) is 17.3. The number of carbonyl (C=O) groups excluding carboxylic acids is 1. The zero-order valence-corrected chi connectivity index (χ0v) is 19.3. The van der Waals surface area contributed by atoms with Gasteiger partial charge in [-0.3, -0.25) is 19.8 Å². The number of piperazine rings is 1. The van der Waals surface area contributed by atoms with Crippen LogP contribution in [-0.4, -0.2) is 66.4 Å². The number of nitro groups is 1. The van der Waals surface area contributed by atoms with Crippen molar-refractivity contribution in [2.45, 2.75) is 32.9 Å². The molecule has 2 aromatic carbocycles. The van der Waals surface area contributed by atoms with Gasteiger partial charge < -0.3 is 15.1 Å². The Morgan fingerprint density at radius 3 is 2.21 bits per heavy atom. The minimum atomic E-state index is -0.398. The molecular formula is C25H33N5O3. The Hall–Kier alpha value is -2.97. The van der Waals surface area contributed by atoms with Crippen molar-refractivity contribution < 1.29 is 9.72 Å². The van der Waals surface area contributed by atoms with Crippen LogP contribution in [0.15, 0.2) is 42.5 Å². The van der Waals surface area contributed by atoms with Crippen LogP contribution in [0.2, 0.25) is 0 Å². The molecule has 0 bridgehead atoms. The van der Waals surface area contributed by atoms with Crippen LogP contribution in [0.5, 0.6) is 0 Å². The lowest BCUT2D eigenvalue weighted by atomic mass is 10.1. The second-order valence-corrected chi connectivity index (χ2v) is 8.86. The Kier molecular flexibility index (Phi) is 7.57. The predicted octanol–water partition coefficient (Wildman–Crippen LogP) is 3.26. The zero-order chi connectivity index (χ0) is 23.2. The summed E-state index contributed by atoms with van der Waals surface area (Å²) in [5.74, 6) is -0.302. The van der Waals surface area contributed by atoms with E-state index in [1.54, 1.807) is 12.1 Å². The van der Waals surface area contributed by atoms with E-state index in [9.17, 15) is 14.9 Å². The van der Waals surface area contributed by atoms with Gasteiger partial charge in [0.15, 0.2) is 0 Å². The summed E-state index contributed by atoms with van der Waals surface area (Å²) in [6.45, 7) is 10.7. The Morgan fingerprint density at radius 1 is 0.939 bits per heavy atom. The number of nitro benzene ring substituents is 1. The van der Waals surface area contributed by atoms with Crippen LogP contribution in [-0.2, 0) is 13.1 Å². The van der Waals surface area contributed by atoms with Crippen molar-refractivity contribution in [3.05, 3.63) is 69.3 Å². The van der Waals surface area contributed by atoms with E-state index in [-0.39, 0.29) is 11.6 Å². The van der Waals surface area contributed by atoms with Crippen molar-refractivity contribution in [1.29, 1.82) is 0 Å². The van der Waals surface area contributed by atoms with Crippen molar-refractivity contribution in [3.63, 3.8) is 0 Å². The molecule has 0 spiro atoms. The van der Waals surface area contributed by atoms with Gasteiger partial charge >= 0.3 is 0 Å². The van der Waals surface area contributed by atoms with Gasteiger partial charge in [-0.05, 0) is 42.6 Å². The van der Waals surface area contributed by atoms with E-state index in [0.717, 1.165) is 70.8 Å². The molecule has 2 aromatic rings. The molecular weight excluding hydrogens is 418 g/mol. The third kappa shape index (κ3) is 5.89. The highest BCUT2D eigenvalue weighted by Crippen LogP contribution is 2.31. The van der Waals surface area contributed by atoms with Crippen LogP contribution in [0.3, 0.4) is 0 Å². The van der Waals surface area contributed by atoms with Crippen molar-refractivity contribution in [2.24, 2.45) is 0 Å². The molecule has 0 radical (unpaired) electrons. The van der Waals surface area contributed by atoms with Crippen molar-refractivity contribution >= 4 is 17.3 Å². The molecule has 0 atom stereocenters. The number of carbonyl (C=O) groups is 1. The van der Waals surface area contributed by atoms with Crippen LogP contribution in [0, 0.1) is 10.1 Å². The summed E-state index contributed by atoms with van der Waals surface area (Å²) in [5.41, 5.74) is 3.18. The number of amides is 1. The number of nitrogens with one attached hydrogen (secondary N) is 1. The fourth-order valence-corrected chi connectivity index (χ4v) is 4.61. The lowest BCUT2D eigenvalue weighted by molar-refractivity contribution is -0.384. The average molecular weight is 452 g/mol. The highest BCUT2D eigenvalue weighted by molar-refractivity contribution is 5.95.